The number of hydrogen-bond acceptors (Lipinski definition) is 0. The van der Waals surface area contributed by atoms with E-state index in [-0.39, 0.29) is 0 Å². The minimum absolute atomic E-state index is 0.662. The molecule has 0 heterocycles. The summed E-state index contributed by atoms with van der Waals surface area (Å²) >= 11 is 0. The van der Waals surface area contributed by atoms with Gasteiger partial charge in [-0.15, -0.1) is 0 Å². The van der Waals surface area contributed by atoms with E-state index >= 15 is 0 Å². The minimum Gasteiger partial charge on any atom is -0.0882 e. The summed E-state index contributed by atoms with van der Waals surface area (Å²) < 4.78 is 0. The third-order valence-electron chi connectivity index (χ3n) is 5.44. The Bertz CT molecular complexity index is 263. The highest BCUT2D eigenvalue weighted by molar-refractivity contribution is 5.17. The molecule has 0 heteroatoms. The molecular weight excluding hydrogens is 192 g/mol. The van der Waals surface area contributed by atoms with Crippen molar-refractivity contribution in [1.82, 2.24) is 0 Å². The van der Waals surface area contributed by atoms with Gasteiger partial charge in [-0.25, -0.2) is 0 Å². The number of fused-ring (bicyclic) bond motifs is 1. The van der Waals surface area contributed by atoms with Crippen molar-refractivity contribution in [3.63, 3.8) is 0 Å². The lowest BCUT2D eigenvalue weighted by molar-refractivity contribution is 0.127. The fourth-order valence-electron chi connectivity index (χ4n) is 4.42. The molecule has 0 aromatic rings. The summed E-state index contributed by atoms with van der Waals surface area (Å²) in [6.07, 6.45) is 14.0. The highest BCUT2D eigenvalue weighted by Gasteiger charge is 2.48. The zero-order valence-corrected chi connectivity index (χ0v) is 11.4. The molecular formula is C16H28. The average Bonchev–Trinajstić information content (AvgIpc) is 2.63. The van der Waals surface area contributed by atoms with Crippen molar-refractivity contribution in [3.8, 4) is 0 Å². The van der Waals surface area contributed by atoms with Crippen molar-refractivity contribution in [2.75, 3.05) is 0 Å². The summed E-state index contributed by atoms with van der Waals surface area (Å²) in [6, 6.07) is 0. The lowest BCUT2D eigenvalue weighted by Crippen LogP contribution is -2.33. The second-order valence-electron chi connectivity index (χ2n) is 6.19. The van der Waals surface area contributed by atoms with Crippen LogP contribution in [-0.4, -0.2) is 0 Å². The van der Waals surface area contributed by atoms with Gasteiger partial charge in [0.05, 0.1) is 0 Å². The molecule has 0 amide bonds. The second-order valence-corrected chi connectivity index (χ2v) is 6.19. The molecule has 16 heavy (non-hydrogen) atoms. The zero-order valence-electron chi connectivity index (χ0n) is 11.4. The summed E-state index contributed by atoms with van der Waals surface area (Å²) in [7, 11) is 0. The van der Waals surface area contributed by atoms with Crippen molar-refractivity contribution in [1.29, 1.82) is 0 Å². The fourth-order valence-corrected chi connectivity index (χ4v) is 4.42. The van der Waals surface area contributed by atoms with Crippen LogP contribution in [0.15, 0.2) is 11.6 Å². The molecule has 0 aromatic carbocycles. The molecule has 92 valence electrons. The Kier molecular flexibility index (Phi) is 3.77. The summed E-state index contributed by atoms with van der Waals surface area (Å²) in [5, 5.41) is 0. The van der Waals surface area contributed by atoms with Gasteiger partial charge in [0.1, 0.15) is 0 Å². The molecule has 3 atom stereocenters. The number of allylic oxidation sites excluding steroid dienone is 2. The van der Waals surface area contributed by atoms with E-state index in [9.17, 15) is 0 Å². The van der Waals surface area contributed by atoms with Crippen molar-refractivity contribution < 1.29 is 0 Å². The predicted molar refractivity (Wildman–Crippen MR) is 71.5 cm³/mol. The monoisotopic (exact) mass is 220 g/mol. The summed E-state index contributed by atoms with van der Waals surface area (Å²) in [5.41, 5.74) is 2.45. The first kappa shape index (κ1) is 12.2. The normalized spacial score (nSPS) is 41.3. The standard InChI is InChI=1S/C16H28/c1-4-6-9-14-10-11-15-13(5-2)8-7-12-16(14,15)3/h5,14-15H,4,6-12H2,1-3H3/b13-5+. The van der Waals surface area contributed by atoms with Crippen LogP contribution >= 0.6 is 0 Å². The van der Waals surface area contributed by atoms with E-state index in [2.05, 4.69) is 26.8 Å². The Labute approximate surface area is 102 Å². The molecule has 0 saturated heterocycles. The van der Waals surface area contributed by atoms with E-state index in [0.717, 1.165) is 11.8 Å². The average molecular weight is 220 g/mol. The Balaban J connectivity index is 2.11. The topological polar surface area (TPSA) is 0 Å². The van der Waals surface area contributed by atoms with E-state index in [1.807, 2.05) is 0 Å². The summed E-state index contributed by atoms with van der Waals surface area (Å²) in [6.45, 7) is 7.17. The van der Waals surface area contributed by atoms with Gasteiger partial charge in [0.25, 0.3) is 0 Å². The van der Waals surface area contributed by atoms with Gasteiger partial charge in [-0.05, 0) is 62.7 Å². The van der Waals surface area contributed by atoms with Gasteiger partial charge in [0, 0.05) is 0 Å². The molecule has 0 spiro atoms. The van der Waals surface area contributed by atoms with Gasteiger partial charge in [0.2, 0.25) is 0 Å². The predicted octanol–water partition coefficient (Wildman–Crippen LogP) is 5.34. The van der Waals surface area contributed by atoms with Crippen LogP contribution in [-0.2, 0) is 0 Å². The quantitative estimate of drug-likeness (QED) is 0.563. The summed E-state index contributed by atoms with van der Waals surface area (Å²) in [4.78, 5) is 0. The van der Waals surface area contributed by atoms with Gasteiger partial charge in [-0.1, -0.05) is 38.3 Å². The fraction of sp³-hybridized carbons (Fsp3) is 0.875. The van der Waals surface area contributed by atoms with Gasteiger partial charge in [-0.3, -0.25) is 0 Å². The lowest BCUT2D eigenvalue weighted by Gasteiger charge is -2.42. The highest BCUT2D eigenvalue weighted by atomic mass is 14.5. The molecule has 2 saturated carbocycles. The molecule has 2 aliphatic carbocycles. The van der Waals surface area contributed by atoms with Crippen LogP contribution < -0.4 is 0 Å². The maximum Gasteiger partial charge on any atom is -0.0147 e. The SMILES string of the molecule is C/C=C1\CCCC2(C)C(CCCC)CCC12. The van der Waals surface area contributed by atoms with Crippen LogP contribution in [0.5, 0.6) is 0 Å². The Morgan fingerprint density at radius 2 is 2.19 bits per heavy atom. The van der Waals surface area contributed by atoms with Crippen LogP contribution in [0.1, 0.15) is 72.1 Å². The molecule has 0 nitrogen and oxygen atoms in total. The molecule has 2 aliphatic rings. The smallest absolute Gasteiger partial charge is 0.0147 e. The highest BCUT2D eigenvalue weighted by Crippen LogP contribution is 2.58. The molecule has 0 aromatic heterocycles. The Morgan fingerprint density at radius 1 is 1.38 bits per heavy atom. The van der Waals surface area contributed by atoms with Crippen molar-refractivity contribution in [2.24, 2.45) is 17.3 Å². The Morgan fingerprint density at radius 3 is 2.88 bits per heavy atom. The first-order chi connectivity index (χ1) is 7.72. The van der Waals surface area contributed by atoms with Crippen molar-refractivity contribution in [2.45, 2.75) is 72.1 Å². The largest absolute Gasteiger partial charge is 0.0882 e. The summed E-state index contributed by atoms with van der Waals surface area (Å²) in [5.74, 6) is 1.96. The lowest BCUT2D eigenvalue weighted by atomic mass is 9.63. The number of unbranched alkanes of at least 4 members (excludes halogenated alkanes) is 1. The van der Waals surface area contributed by atoms with Crippen molar-refractivity contribution >= 4 is 0 Å². The molecule has 0 aliphatic heterocycles. The first-order valence-electron chi connectivity index (χ1n) is 7.37. The maximum absolute atomic E-state index is 2.59. The van der Waals surface area contributed by atoms with Crippen LogP contribution in [0.3, 0.4) is 0 Å². The number of rotatable bonds is 3. The molecule has 0 radical (unpaired) electrons. The second kappa shape index (κ2) is 4.94. The van der Waals surface area contributed by atoms with Crippen LogP contribution in [0, 0.1) is 17.3 Å². The van der Waals surface area contributed by atoms with Crippen molar-refractivity contribution in [3.05, 3.63) is 11.6 Å². The maximum atomic E-state index is 2.59. The van der Waals surface area contributed by atoms with E-state index in [1.165, 1.54) is 51.4 Å². The third kappa shape index (κ3) is 1.96. The molecule has 0 bridgehead atoms. The minimum atomic E-state index is 0.662. The molecule has 2 fully saturated rings. The van der Waals surface area contributed by atoms with E-state index in [0.29, 0.717) is 5.41 Å². The van der Waals surface area contributed by atoms with Crippen LogP contribution in [0.2, 0.25) is 0 Å². The molecule has 3 unspecified atom stereocenters. The van der Waals surface area contributed by atoms with Gasteiger partial charge >= 0.3 is 0 Å². The Hall–Kier alpha value is -0.260. The molecule has 2 rings (SSSR count). The zero-order chi connectivity index (χ0) is 11.6. The van der Waals surface area contributed by atoms with Crippen LogP contribution in [0.25, 0.3) is 0 Å². The van der Waals surface area contributed by atoms with Gasteiger partial charge in [-0.2, -0.15) is 0 Å². The van der Waals surface area contributed by atoms with E-state index in [1.54, 1.807) is 5.57 Å². The van der Waals surface area contributed by atoms with Gasteiger partial charge < -0.3 is 0 Å². The third-order valence-corrected chi connectivity index (χ3v) is 5.44. The van der Waals surface area contributed by atoms with Crippen LogP contribution in [0.4, 0.5) is 0 Å². The molecule has 0 N–H and O–H groups in total. The van der Waals surface area contributed by atoms with Gasteiger partial charge in [0.15, 0.2) is 0 Å². The number of hydrogen-bond donors (Lipinski definition) is 0. The first-order valence-corrected chi connectivity index (χ1v) is 7.37. The van der Waals surface area contributed by atoms with E-state index < -0.39 is 0 Å². The van der Waals surface area contributed by atoms with E-state index in [4.69, 9.17) is 0 Å².